The Balaban J connectivity index is 1.26. The van der Waals surface area contributed by atoms with E-state index in [2.05, 4.69) is 34.5 Å². The van der Waals surface area contributed by atoms with Gasteiger partial charge >= 0.3 is 5.97 Å². The Morgan fingerprint density at radius 2 is 1.85 bits per heavy atom. The van der Waals surface area contributed by atoms with Crippen molar-refractivity contribution in [1.29, 1.82) is 0 Å². The normalized spacial score (nSPS) is 19.9. The number of carbonyl (C=O) groups is 1. The van der Waals surface area contributed by atoms with Crippen molar-refractivity contribution in [2.24, 2.45) is 5.92 Å². The Hall–Kier alpha value is -3.98. The summed E-state index contributed by atoms with van der Waals surface area (Å²) in [5.74, 6) is 0.500. The second kappa shape index (κ2) is 11.3. The quantitative estimate of drug-likeness (QED) is 0.275. The van der Waals surface area contributed by atoms with E-state index in [0.717, 1.165) is 34.7 Å². The molecule has 0 radical (unpaired) electrons. The number of carboxylic acid groups (broad SMARTS) is 1. The summed E-state index contributed by atoms with van der Waals surface area (Å²) >= 11 is 0. The van der Waals surface area contributed by atoms with Crippen LogP contribution in [-0.2, 0) is 6.54 Å². The first kappa shape index (κ1) is 26.3. The van der Waals surface area contributed by atoms with E-state index < -0.39 is 5.97 Å². The summed E-state index contributed by atoms with van der Waals surface area (Å²) in [5.41, 5.74) is 4.52. The van der Waals surface area contributed by atoms with E-state index in [0.29, 0.717) is 18.2 Å². The highest BCUT2D eigenvalue weighted by Gasteiger charge is 2.46. The summed E-state index contributed by atoms with van der Waals surface area (Å²) < 4.78 is 9.74. The molecule has 2 N–H and O–H groups in total. The second-order valence-corrected chi connectivity index (χ2v) is 11.0. The van der Waals surface area contributed by atoms with E-state index in [1.807, 2.05) is 42.6 Å². The van der Waals surface area contributed by atoms with Crippen LogP contribution in [0.5, 0.6) is 5.75 Å². The van der Waals surface area contributed by atoms with Crippen LogP contribution in [0.2, 0.25) is 0 Å². The van der Waals surface area contributed by atoms with Crippen LogP contribution in [0, 0.1) is 5.92 Å². The minimum Gasteiger partial charge on any atom is -0.490 e. The number of rotatable bonds is 10. The number of aromatic nitrogens is 5. The fourth-order valence-electron chi connectivity index (χ4n) is 6.08. The molecule has 0 saturated heterocycles. The van der Waals surface area contributed by atoms with Gasteiger partial charge in [0, 0.05) is 18.0 Å². The maximum Gasteiger partial charge on any atom is 0.339 e. The van der Waals surface area contributed by atoms with Gasteiger partial charge in [-0.3, -0.25) is 0 Å². The molecule has 0 bridgehead atoms. The number of hydrogen-bond acceptors (Lipinski definition) is 6. The van der Waals surface area contributed by atoms with Crippen LogP contribution in [0.15, 0.2) is 60.9 Å². The predicted octanol–water partition coefficient (Wildman–Crippen LogP) is 5.44. The van der Waals surface area contributed by atoms with E-state index in [1.54, 1.807) is 9.36 Å². The van der Waals surface area contributed by atoms with E-state index in [-0.39, 0.29) is 30.1 Å². The molecule has 208 valence electrons. The van der Waals surface area contributed by atoms with Crippen LogP contribution in [-0.4, -0.2) is 53.7 Å². The van der Waals surface area contributed by atoms with E-state index in [1.165, 1.54) is 38.3 Å². The van der Waals surface area contributed by atoms with Crippen molar-refractivity contribution >= 4 is 5.97 Å². The molecule has 2 fully saturated rings. The van der Waals surface area contributed by atoms with Crippen molar-refractivity contribution in [3.05, 3.63) is 77.9 Å². The van der Waals surface area contributed by atoms with E-state index in [4.69, 9.17) is 4.74 Å². The molecular formula is C31H35N5O4. The number of aromatic carboxylic acids is 1. The molecule has 2 aromatic heterocycles. The highest BCUT2D eigenvalue weighted by atomic mass is 16.5. The molecule has 6 rings (SSSR count). The fraction of sp³-hybridized carbons (Fsp3) is 0.419. The maximum atomic E-state index is 12.1. The molecular weight excluding hydrogens is 506 g/mol. The summed E-state index contributed by atoms with van der Waals surface area (Å²) in [5, 5.41) is 32.0. The van der Waals surface area contributed by atoms with Gasteiger partial charge in [-0.25, -0.2) is 14.2 Å². The Labute approximate surface area is 233 Å². The average Bonchev–Trinajstić information content (AvgIpc) is 3.39. The predicted molar refractivity (Wildman–Crippen MR) is 150 cm³/mol. The zero-order valence-corrected chi connectivity index (χ0v) is 22.7. The minimum absolute atomic E-state index is 0.0161. The fourth-order valence-corrected chi connectivity index (χ4v) is 6.08. The summed E-state index contributed by atoms with van der Waals surface area (Å²) in [4.78, 5) is 12.1. The smallest absolute Gasteiger partial charge is 0.339 e. The van der Waals surface area contributed by atoms with Crippen LogP contribution in [0.25, 0.3) is 16.8 Å². The highest BCUT2D eigenvalue weighted by Crippen LogP contribution is 2.55. The Morgan fingerprint density at radius 1 is 1.07 bits per heavy atom. The van der Waals surface area contributed by atoms with Gasteiger partial charge in [0.1, 0.15) is 11.3 Å². The third-order valence-corrected chi connectivity index (χ3v) is 8.34. The first-order valence-electron chi connectivity index (χ1n) is 14.2. The third kappa shape index (κ3) is 5.38. The molecule has 2 aromatic carbocycles. The number of carboxylic acids is 1. The number of aliphatic hydroxyl groups is 1. The van der Waals surface area contributed by atoms with Gasteiger partial charge in [0.2, 0.25) is 0 Å². The number of ether oxygens (including phenoxy) is 1. The second-order valence-electron chi connectivity index (χ2n) is 11.0. The molecule has 2 aliphatic rings. The zero-order valence-electron chi connectivity index (χ0n) is 22.7. The Morgan fingerprint density at radius 3 is 2.62 bits per heavy atom. The van der Waals surface area contributed by atoms with Crippen molar-refractivity contribution in [2.45, 2.75) is 69.9 Å². The lowest BCUT2D eigenvalue weighted by Crippen LogP contribution is -2.25. The molecule has 40 heavy (non-hydrogen) atoms. The topological polar surface area (TPSA) is 115 Å². The maximum absolute atomic E-state index is 12.1. The lowest BCUT2D eigenvalue weighted by atomic mass is 9.86. The Kier molecular flexibility index (Phi) is 7.38. The summed E-state index contributed by atoms with van der Waals surface area (Å²) in [6.45, 7) is 2.54. The lowest BCUT2D eigenvalue weighted by Gasteiger charge is -2.28. The van der Waals surface area contributed by atoms with E-state index in [9.17, 15) is 15.0 Å². The molecule has 2 saturated carbocycles. The molecule has 0 aliphatic heterocycles. The molecule has 9 heteroatoms. The van der Waals surface area contributed by atoms with Crippen LogP contribution in [0.4, 0.5) is 0 Å². The largest absolute Gasteiger partial charge is 0.490 e. The molecule has 4 aromatic rings. The minimum atomic E-state index is -0.996. The molecule has 1 unspecified atom stereocenters. The van der Waals surface area contributed by atoms with Crippen molar-refractivity contribution in [3.8, 4) is 22.6 Å². The van der Waals surface area contributed by atoms with Gasteiger partial charge in [-0.15, -0.1) is 5.10 Å². The summed E-state index contributed by atoms with van der Waals surface area (Å²) in [6.07, 6.45) is 10.6. The van der Waals surface area contributed by atoms with Gasteiger partial charge in [0.15, 0.2) is 0 Å². The van der Waals surface area contributed by atoms with Gasteiger partial charge in [0.05, 0.1) is 42.5 Å². The van der Waals surface area contributed by atoms with Crippen LogP contribution < -0.4 is 4.74 Å². The molecule has 0 spiro atoms. The van der Waals surface area contributed by atoms with Crippen LogP contribution in [0.3, 0.4) is 0 Å². The summed E-state index contributed by atoms with van der Waals surface area (Å²) in [7, 11) is 0. The molecule has 0 amide bonds. The van der Waals surface area contributed by atoms with Crippen molar-refractivity contribution in [1.82, 2.24) is 24.8 Å². The first-order chi connectivity index (χ1) is 19.5. The average molecular weight is 542 g/mol. The standard InChI is InChI=1S/C31H35N5O4/c1-20(21-7-3-2-4-8-21)40-25-12-6-10-23(16-25)22-9-5-11-24(15-22)36-30(28(18-32-36)31(38)39)27-17-26(27)29-19-35(13-14-37)34-33-29/h5-6,9-12,15-16,18-21,26-27,37H,2-4,7-8,13-14,17H2,1H3,(H,38,39)/t20?,26-,27-/m1/s1. The number of nitrogens with zero attached hydrogens (tertiary/aromatic N) is 5. The van der Waals surface area contributed by atoms with E-state index >= 15 is 0 Å². The first-order valence-corrected chi connectivity index (χ1v) is 14.2. The lowest BCUT2D eigenvalue weighted by molar-refractivity contribution is 0.0695. The SMILES string of the molecule is CC(Oc1cccc(-c2cccc(-n3ncc(C(=O)O)c3[C@@H]3C[C@H]3c3cn(CCO)nn3)c2)c1)C1CCCCC1. The van der Waals surface area contributed by atoms with Crippen molar-refractivity contribution in [2.75, 3.05) is 6.61 Å². The molecule has 3 atom stereocenters. The number of hydrogen-bond donors (Lipinski definition) is 2. The van der Waals surface area contributed by atoms with Gasteiger partial charge in [-0.1, -0.05) is 48.7 Å². The monoisotopic (exact) mass is 541 g/mol. The summed E-state index contributed by atoms with van der Waals surface area (Å²) in [6, 6.07) is 16.2. The number of aliphatic hydroxyl groups excluding tert-OH is 1. The molecule has 2 aliphatic carbocycles. The van der Waals surface area contributed by atoms with Gasteiger partial charge < -0.3 is 14.9 Å². The van der Waals surface area contributed by atoms with Gasteiger partial charge in [-0.2, -0.15) is 5.10 Å². The van der Waals surface area contributed by atoms with Crippen molar-refractivity contribution < 1.29 is 19.7 Å². The molecule has 2 heterocycles. The highest BCUT2D eigenvalue weighted by molar-refractivity contribution is 5.89. The number of benzene rings is 2. The van der Waals surface area contributed by atoms with Crippen molar-refractivity contribution in [3.63, 3.8) is 0 Å². The van der Waals surface area contributed by atoms with Crippen LogP contribution in [0.1, 0.15) is 79.0 Å². The zero-order chi connectivity index (χ0) is 27.6. The Bertz CT molecular complexity index is 1490. The third-order valence-electron chi connectivity index (χ3n) is 8.34. The van der Waals surface area contributed by atoms with Crippen LogP contribution >= 0.6 is 0 Å². The molecule has 9 nitrogen and oxygen atoms in total. The van der Waals surface area contributed by atoms with Gasteiger partial charge in [0.25, 0.3) is 0 Å². The van der Waals surface area contributed by atoms with Gasteiger partial charge in [-0.05, 0) is 67.5 Å².